The molecule has 2 aromatic rings. The smallest absolute Gasteiger partial charge is 0.181 e. The van der Waals surface area contributed by atoms with E-state index in [-0.39, 0.29) is 0 Å². The number of thiazole rings is 1. The Balaban J connectivity index is 2.36. The molecule has 0 saturated carbocycles. The van der Waals surface area contributed by atoms with Crippen LogP contribution >= 0.6 is 11.3 Å². The van der Waals surface area contributed by atoms with Gasteiger partial charge in [-0.05, 0) is 11.6 Å². The highest BCUT2D eigenvalue weighted by molar-refractivity contribution is 7.22. The molecule has 16 heavy (non-hydrogen) atoms. The molecule has 2 rings (SSSR count). The molecule has 2 N–H and O–H groups in total. The van der Waals surface area contributed by atoms with E-state index in [9.17, 15) is 0 Å². The van der Waals surface area contributed by atoms with Crippen molar-refractivity contribution in [1.29, 1.82) is 0 Å². The van der Waals surface area contributed by atoms with E-state index in [0.29, 0.717) is 11.7 Å². The molecule has 5 nitrogen and oxygen atoms in total. The Hall–Kier alpha value is -2.04. The summed E-state index contributed by atoms with van der Waals surface area (Å²) in [5.74, 6) is 0. The minimum absolute atomic E-state index is 0.340. The summed E-state index contributed by atoms with van der Waals surface area (Å²) in [7, 11) is 0. The molecule has 80 valence electrons. The zero-order valence-electron chi connectivity index (χ0n) is 8.37. The monoisotopic (exact) mass is 231 g/mol. The van der Waals surface area contributed by atoms with Gasteiger partial charge in [0.25, 0.3) is 0 Å². The van der Waals surface area contributed by atoms with Crippen molar-refractivity contribution in [2.45, 2.75) is 0 Å². The normalized spacial score (nSPS) is 10.8. The van der Waals surface area contributed by atoms with Crippen LogP contribution in [0.25, 0.3) is 26.7 Å². The average molecular weight is 231 g/mol. The second-order valence-corrected chi connectivity index (χ2v) is 4.12. The van der Waals surface area contributed by atoms with E-state index in [2.05, 4.69) is 15.0 Å². The fourth-order valence-corrected chi connectivity index (χ4v) is 2.15. The van der Waals surface area contributed by atoms with E-state index in [1.807, 2.05) is 24.3 Å². The predicted molar refractivity (Wildman–Crippen MR) is 67.1 cm³/mol. The zero-order valence-corrected chi connectivity index (χ0v) is 9.18. The summed E-state index contributed by atoms with van der Waals surface area (Å²) in [5.41, 5.74) is 15.7. The molecule has 0 bridgehead atoms. The Labute approximate surface area is 95.9 Å². The van der Waals surface area contributed by atoms with Gasteiger partial charge in [-0.1, -0.05) is 40.7 Å². The quantitative estimate of drug-likeness (QED) is 0.499. The van der Waals surface area contributed by atoms with Crippen molar-refractivity contribution in [2.75, 3.05) is 12.3 Å². The molecular formula is C10H9N5S. The van der Waals surface area contributed by atoms with Gasteiger partial charge in [-0.2, -0.15) is 0 Å². The molecule has 0 saturated heterocycles. The Bertz CT molecular complexity index is 580. The number of nitrogens with two attached hydrogens (primary N) is 1. The average Bonchev–Trinajstić information content (AvgIpc) is 2.65. The number of para-hydroxylation sites is 1. The molecule has 0 unspecified atom stereocenters. The lowest BCUT2D eigenvalue weighted by Crippen LogP contribution is -1.81. The molecule has 0 spiro atoms. The molecule has 0 amide bonds. The molecule has 0 fully saturated rings. The summed E-state index contributed by atoms with van der Waals surface area (Å²) in [4.78, 5) is 6.93. The Morgan fingerprint density at radius 2 is 2.44 bits per heavy atom. The number of hydrogen-bond donors (Lipinski definition) is 1. The van der Waals surface area contributed by atoms with E-state index >= 15 is 0 Å². The summed E-state index contributed by atoms with van der Waals surface area (Å²) in [6, 6.07) is 5.88. The predicted octanol–water partition coefficient (Wildman–Crippen LogP) is 3.20. The fraction of sp³-hybridized carbons (Fsp3) is 0.100. The van der Waals surface area contributed by atoms with Crippen LogP contribution in [0.3, 0.4) is 0 Å². The molecule has 1 heterocycles. The van der Waals surface area contributed by atoms with Crippen molar-refractivity contribution in [3.63, 3.8) is 0 Å². The number of aromatic nitrogens is 1. The molecule has 6 heteroatoms. The van der Waals surface area contributed by atoms with Crippen LogP contribution in [0.5, 0.6) is 0 Å². The number of azide groups is 1. The lowest BCUT2D eigenvalue weighted by Gasteiger charge is -1.93. The standard InChI is InChI=1S/C10H9N5S/c11-10-14-9-7(4-2-6-13-15-12)3-1-5-8(9)16-10/h1-5H,6H2,(H2,11,14). The first-order valence-electron chi connectivity index (χ1n) is 4.63. The lowest BCUT2D eigenvalue weighted by molar-refractivity contribution is 1.22. The summed E-state index contributed by atoms with van der Waals surface area (Å²) >= 11 is 1.46. The van der Waals surface area contributed by atoms with Crippen LogP contribution in [0.2, 0.25) is 0 Å². The highest BCUT2D eigenvalue weighted by atomic mass is 32.1. The third-order valence-corrected chi connectivity index (χ3v) is 2.86. The van der Waals surface area contributed by atoms with E-state index in [0.717, 1.165) is 15.8 Å². The number of nitrogen functional groups attached to an aromatic ring is 1. The highest BCUT2D eigenvalue weighted by Crippen LogP contribution is 2.26. The molecule has 1 aromatic heterocycles. The summed E-state index contributed by atoms with van der Waals surface area (Å²) in [6.45, 7) is 0.340. The van der Waals surface area contributed by atoms with Crippen molar-refractivity contribution < 1.29 is 0 Å². The largest absolute Gasteiger partial charge is 0.375 e. The number of benzene rings is 1. The SMILES string of the molecule is [N-]=[N+]=NCC=Cc1cccc2sc(N)nc12. The van der Waals surface area contributed by atoms with Crippen LogP contribution in [-0.2, 0) is 0 Å². The van der Waals surface area contributed by atoms with Crippen molar-refractivity contribution in [3.05, 3.63) is 40.3 Å². The number of nitrogens with zero attached hydrogens (tertiary/aromatic N) is 4. The van der Waals surface area contributed by atoms with Gasteiger partial charge in [0.2, 0.25) is 0 Å². The third-order valence-electron chi connectivity index (χ3n) is 2.01. The first-order chi connectivity index (χ1) is 7.81. The van der Waals surface area contributed by atoms with Gasteiger partial charge in [-0.15, -0.1) is 0 Å². The fourth-order valence-electron chi connectivity index (χ4n) is 1.38. The van der Waals surface area contributed by atoms with E-state index < -0.39 is 0 Å². The first kappa shape index (κ1) is 10.5. The van der Waals surface area contributed by atoms with Crippen LogP contribution in [0.15, 0.2) is 29.4 Å². The number of anilines is 1. The maximum atomic E-state index is 8.14. The van der Waals surface area contributed by atoms with Gasteiger partial charge in [0.05, 0.1) is 10.2 Å². The van der Waals surface area contributed by atoms with E-state index in [4.69, 9.17) is 11.3 Å². The van der Waals surface area contributed by atoms with Crippen LogP contribution in [0.4, 0.5) is 5.13 Å². The van der Waals surface area contributed by atoms with Crippen LogP contribution < -0.4 is 5.73 Å². The Kier molecular flexibility index (Phi) is 3.05. The van der Waals surface area contributed by atoms with Crippen molar-refractivity contribution >= 4 is 32.8 Å². The van der Waals surface area contributed by atoms with Gasteiger partial charge in [-0.25, -0.2) is 4.98 Å². The molecule has 0 aliphatic carbocycles. The topological polar surface area (TPSA) is 87.7 Å². The maximum Gasteiger partial charge on any atom is 0.181 e. The molecule has 0 radical (unpaired) electrons. The Morgan fingerprint density at radius 3 is 3.25 bits per heavy atom. The van der Waals surface area contributed by atoms with Gasteiger partial charge in [0, 0.05) is 17.0 Å². The zero-order chi connectivity index (χ0) is 11.4. The van der Waals surface area contributed by atoms with Gasteiger partial charge >= 0.3 is 0 Å². The first-order valence-corrected chi connectivity index (χ1v) is 5.45. The summed E-state index contributed by atoms with van der Waals surface area (Å²) in [5, 5.41) is 3.98. The van der Waals surface area contributed by atoms with Crippen molar-refractivity contribution in [2.24, 2.45) is 5.11 Å². The van der Waals surface area contributed by atoms with Crippen LogP contribution in [-0.4, -0.2) is 11.5 Å². The second-order valence-electron chi connectivity index (χ2n) is 3.06. The molecular weight excluding hydrogens is 222 g/mol. The minimum atomic E-state index is 0.340. The molecule has 0 atom stereocenters. The number of rotatable bonds is 3. The maximum absolute atomic E-state index is 8.14. The summed E-state index contributed by atoms with van der Waals surface area (Å²) in [6.07, 6.45) is 3.68. The van der Waals surface area contributed by atoms with Crippen LogP contribution in [0, 0.1) is 0 Å². The lowest BCUT2D eigenvalue weighted by atomic mass is 10.2. The van der Waals surface area contributed by atoms with E-state index in [1.54, 1.807) is 6.08 Å². The summed E-state index contributed by atoms with van der Waals surface area (Å²) < 4.78 is 1.06. The van der Waals surface area contributed by atoms with Gasteiger partial charge in [-0.3, -0.25) is 0 Å². The van der Waals surface area contributed by atoms with Gasteiger partial charge in [0.1, 0.15) is 0 Å². The number of hydrogen-bond acceptors (Lipinski definition) is 4. The van der Waals surface area contributed by atoms with Crippen LogP contribution in [0.1, 0.15) is 5.56 Å². The molecule has 0 aliphatic rings. The van der Waals surface area contributed by atoms with Crippen molar-refractivity contribution in [1.82, 2.24) is 4.98 Å². The Morgan fingerprint density at radius 1 is 1.56 bits per heavy atom. The highest BCUT2D eigenvalue weighted by Gasteiger charge is 2.03. The number of fused-ring (bicyclic) bond motifs is 1. The third kappa shape index (κ3) is 2.13. The van der Waals surface area contributed by atoms with Crippen molar-refractivity contribution in [3.8, 4) is 0 Å². The minimum Gasteiger partial charge on any atom is -0.375 e. The second kappa shape index (κ2) is 4.65. The van der Waals surface area contributed by atoms with Gasteiger partial charge < -0.3 is 5.73 Å². The molecule has 0 aliphatic heterocycles. The van der Waals surface area contributed by atoms with E-state index in [1.165, 1.54) is 11.3 Å². The van der Waals surface area contributed by atoms with Gasteiger partial charge in [0.15, 0.2) is 5.13 Å². The molecule has 1 aromatic carbocycles.